The van der Waals surface area contributed by atoms with Gasteiger partial charge >= 0.3 is 0 Å². The minimum atomic E-state index is -0.0168. The van der Waals surface area contributed by atoms with Crippen LogP contribution in [0.15, 0.2) is 0 Å². The lowest BCUT2D eigenvalue weighted by Gasteiger charge is -2.38. The zero-order chi connectivity index (χ0) is 12.2. The van der Waals surface area contributed by atoms with E-state index < -0.39 is 0 Å². The molecular formula is C12H24N2O2. The predicted molar refractivity (Wildman–Crippen MR) is 64.4 cm³/mol. The van der Waals surface area contributed by atoms with Gasteiger partial charge in [-0.1, -0.05) is 6.92 Å². The van der Waals surface area contributed by atoms with Gasteiger partial charge in [0.1, 0.15) is 0 Å². The Morgan fingerprint density at radius 3 is 2.81 bits per heavy atom. The van der Waals surface area contributed by atoms with E-state index in [4.69, 9.17) is 4.74 Å². The summed E-state index contributed by atoms with van der Waals surface area (Å²) in [6, 6.07) is 0.405. The number of carbonyl (C=O) groups is 1. The van der Waals surface area contributed by atoms with E-state index >= 15 is 0 Å². The van der Waals surface area contributed by atoms with E-state index in [1.807, 2.05) is 0 Å². The standard InChI is InChI=1S/C12H24N2O2/c1-5-12(2)8-10(6-7-16-12)13-9-11(15)14(3)4/h10,13H,5-9H2,1-4H3. The SMILES string of the molecule is CCC1(C)CC(NCC(=O)N(C)C)CCO1. The summed E-state index contributed by atoms with van der Waals surface area (Å²) in [5.74, 6) is 0.129. The van der Waals surface area contributed by atoms with Crippen LogP contribution < -0.4 is 5.32 Å². The zero-order valence-electron chi connectivity index (χ0n) is 10.9. The van der Waals surface area contributed by atoms with E-state index in [2.05, 4.69) is 19.2 Å². The molecule has 1 amide bonds. The smallest absolute Gasteiger partial charge is 0.236 e. The molecule has 1 aliphatic rings. The van der Waals surface area contributed by atoms with Crippen LogP contribution in [0.25, 0.3) is 0 Å². The summed E-state index contributed by atoms with van der Waals surface area (Å²) in [4.78, 5) is 13.1. The first-order valence-corrected chi connectivity index (χ1v) is 6.04. The Balaban J connectivity index is 2.35. The molecule has 1 heterocycles. The molecular weight excluding hydrogens is 204 g/mol. The molecule has 4 nitrogen and oxygen atoms in total. The van der Waals surface area contributed by atoms with Gasteiger partial charge in [-0.15, -0.1) is 0 Å². The maximum absolute atomic E-state index is 11.4. The van der Waals surface area contributed by atoms with Gasteiger partial charge in [0.15, 0.2) is 0 Å². The van der Waals surface area contributed by atoms with Crippen molar-refractivity contribution in [1.29, 1.82) is 0 Å². The Hall–Kier alpha value is -0.610. The molecule has 1 rings (SSSR count). The van der Waals surface area contributed by atoms with Crippen LogP contribution >= 0.6 is 0 Å². The Kier molecular flexibility index (Phi) is 4.74. The van der Waals surface area contributed by atoms with E-state index in [-0.39, 0.29) is 11.5 Å². The number of carbonyl (C=O) groups excluding carboxylic acids is 1. The fraction of sp³-hybridized carbons (Fsp3) is 0.917. The van der Waals surface area contributed by atoms with E-state index in [1.165, 1.54) is 0 Å². The van der Waals surface area contributed by atoms with Gasteiger partial charge in [0, 0.05) is 26.7 Å². The second kappa shape index (κ2) is 5.64. The van der Waals surface area contributed by atoms with Crippen molar-refractivity contribution in [2.75, 3.05) is 27.2 Å². The normalized spacial score (nSPS) is 30.1. The molecule has 0 spiro atoms. The summed E-state index contributed by atoms with van der Waals surface area (Å²) in [6.45, 7) is 5.51. The third-order valence-corrected chi connectivity index (χ3v) is 3.38. The molecule has 0 radical (unpaired) electrons. The molecule has 2 unspecified atom stereocenters. The number of hydrogen-bond donors (Lipinski definition) is 1. The maximum atomic E-state index is 11.4. The van der Waals surface area contributed by atoms with Gasteiger partial charge in [0.05, 0.1) is 12.1 Å². The summed E-state index contributed by atoms with van der Waals surface area (Å²) in [6.07, 6.45) is 3.01. The fourth-order valence-electron chi connectivity index (χ4n) is 1.94. The van der Waals surface area contributed by atoms with Crippen molar-refractivity contribution < 1.29 is 9.53 Å². The lowest BCUT2D eigenvalue weighted by Crippen LogP contribution is -2.47. The van der Waals surface area contributed by atoms with E-state index in [9.17, 15) is 4.79 Å². The van der Waals surface area contributed by atoms with E-state index in [1.54, 1.807) is 19.0 Å². The highest BCUT2D eigenvalue weighted by atomic mass is 16.5. The van der Waals surface area contributed by atoms with Crippen LogP contribution in [0.2, 0.25) is 0 Å². The monoisotopic (exact) mass is 228 g/mol. The first kappa shape index (κ1) is 13.5. The number of nitrogens with zero attached hydrogens (tertiary/aromatic N) is 1. The van der Waals surface area contributed by atoms with Crippen molar-refractivity contribution in [3.8, 4) is 0 Å². The molecule has 0 aliphatic carbocycles. The molecule has 0 aromatic rings. The summed E-state index contributed by atoms with van der Waals surface area (Å²) < 4.78 is 5.76. The van der Waals surface area contributed by atoms with Crippen molar-refractivity contribution in [3.63, 3.8) is 0 Å². The molecule has 0 bridgehead atoms. The lowest BCUT2D eigenvalue weighted by atomic mass is 9.90. The Morgan fingerprint density at radius 2 is 2.25 bits per heavy atom. The lowest BCUT2D eigenvalue weighted by molar-refractivity contribution is -0.128. The number of amides is 1. The minimum Gasteiger partial charge on any atom is -0.375 e. The van der Waals surface area contributed by atoms with Crippen molar-refractivity contribution in [2.45, 2.75) is 44.8 Å². The molecule has 1 aliphatic heterocycles. The van der Waals surface area contributed by atoms with Gasteiger partial charge in [0.2, 0.25) is 5.91 Å². The summed E-state index contributed by atoms with van der Waals surface area (Å²) in [7, 11) is 3.56. The Bertz CT molecular complexity index is 243. The summed E-state index contributed by atoms with van der Waals surface area (Å²) in [5, 5.41) is 3.32. The van der Waals surface area contributed by atoms with E-state index in [0.29, 0.717) is 12.6 Å². The average molecular weight is 228 g/mol. The molecule has 0 aromatic carbocycles. The van der Waals surface area contributed by atoms with Crippen LogP contribution in [-0.4, -0.2) is 49.7 Å². The zero-order valence-corrected chi connectivity index (χ0v) is 10.9. The second-order valence-corrected chi connectivity index (χ2v) is 5.01. The minimum absolute atomic E-state index is 0.0168. The third kappa shape index (κ3) is 3.76. The van der Waals surface area contributed by atoms with Gasteiger partial charge in [-0.3, -0.25) is 4.79 Å². The highest BCUT2D eigenvalue weighted by Crippen LogP contribution is 2.27. The molecule has 1 saturated heterocycles. The van der Waals surface area contributed by atoms with Crippen molar-refractivity contribution in [1.82, 2.24) is 10.2 Å². The molecule has 0 aromatic heterocycles. The van der Waals surface area contributed by atoms with E-state index in [0.717, 1.165) is 25.9 Å². The van der Waals surface area contributed by atoms with Crippen LogP contribution in [0.4, 0.5) is 0 Å². The highest BCUT2D eigenvalue weighted by molar-refractivity contribution is 5.77. The molecule has 16 heavy (non-hydrogen) atoms. The first-order chi connectivity index (χ1) is 7.47. The number of hydrogen-bond acceptors (Lipinski definition) is 3. The average Bonchev–Trinajstić information content (AvgIpc) is 2.26. The second-order valence-electron chi connectivity index (χ2n) is 5.01. The number of rotatable bonds is 4. The Labute approximate surface area is 98.3 Å². The van der Waals surface area contributed by atoms with Crippen molar-refractivity contribution in [2.24, 2.45) is 0 Å². The molecule has 4 heteroatoms. The highest BCUT2D eigenvalue weighted by Gasteiger charge is 2.31. The van der Waals surface area contributed by atoms with Gasteiger partial charge in [0.25, 0.3) is 0 Å². The molecule has 1 fully saturated rings. The van der Waals surface area contributed by atoms with Crippen molar-refractivity contribution in [3.05, 3.63) is 0 Å². The summed E-state index contributed by atoms with van der Waals surface area (Å²) in [5.41, 5.74) is -0.0168. The molecule has 2 atom stereocenters. The molecule has 94 valence electrons. The maximum Gasteiger partial charge on any atom is 0.236 e. The van der Waals surface area contributed by atoms with Crippen LogP contribution in [-0.2, 0) is 9.53 Å². The van der Waals surface area contributed by atoms with Gasteiger partial charge in [-0.05, 0) is 26.2 Å². The van der Waals surface area contributed by atoms with Crippen LogP contribution in [0.5, 0.6) is 0 Å². The van der Waals surface area contributed by atoms with Crippen LogP contribution in [0.3, 0.4) is 0 Å². The number of likely N-dealkylation sites (N-methyl/N-ethyl adjacent to an activating group) is 1. The number of ether oxygens (including phenoxy) is 1. The van der Waals surface area contributed by atoms with Gasteiger partial charge in [-0.25, -0.2) is 0 Å². The fourth-order valence-corrected chi connectivity index (χ4v) is 1.94. The third-order valence-electron chi connectivity index (χ3n) is 3.38. The molecule has 1 N–H and O–H groups in total. The predicted octanol–water partition coefficient (Wildman–Crippen LogP) is 1.01. The van der Waals surface area contributed by atoms with Gasteiger partial charge in [-0.2, -0.15) is 0 Å². The van der Waals surface area contributed by atoms with Crippen molar-refractivity contribution >= 4 is 5.91 Å². The number of nitrogens with one attached hydrogen (secondary N) is 1. The van der Waals surface area contributed by atoms with Gasteiger partial charge < -0.3 is 15.0 Å². The van der Waals surface area contributed by atoms with Crippen LogP contribution in [0, 0.1) is 0 Å². The Morgan fingerprint density at radius 1 is 1.56 bits per heavy atom. The topological polar surface area (TPSA) is 41.6 Å². The first-order valence-electron chi connectivity index (χ1n) is 6.04. The van der Waals surface area contributed by atoms with Crippen LogP contribution in [0.1, 0.15) is 33.1 Å². The molecule has 0 saturated carbocycles. The largest absolute Gasteiger partial charge is 0.375 e. The quantitative estimate of drug-likeness (QED) is 0.781. The summed E-state index contributed by atoms with van der Waals surface area (Å²) >= 11 is 0.